The summed E-state index contributed by atoms with van der Waals surface area (Å²) in [5.74, 6) is 1.59. The normalized spacial score (nSPS) is 13.3. The maximum atomic E-state index is 6.85. The zero-order valence-corrected chi connectivity index (χ0v) is 23.3. The minimum absolute atomic E-state index is 0.762. The Bertz CT molecular complexity index is 777. The van der Waals surface area contributed by atoms with Crippen molar-refractivity contribution in [2.24, 2.45) is 0 Å². The Labute approximate surface area is 180 Å². The molecule has 0 aromatic heterocycles. The molecule has 0 saturated carbocycles. The molecule has 0 unspecified atom stereocenters. The fraction of sp³-hybridized carbons (Fsp3) is 0.429. The molecule has 2 aromatic carbocycles. The summed E-state index contributed by atoms with van der Waals surface area (Å²) in [5.41, 5.74) is 0. The van der Waals surface area contributed by atoms with Crippen molar-refractivity contribution in [1.29, 1.82) is 0 Å². The molecule has 29 heavy (non-hydrogen) atoms. The summed E-state index contributed by atoms with van der Waals surface area (Å²) < 4.78 is 26.9. The smallest absolute Gasteiger partial charge is 0.544 e. The van der Waals surface area contributed by atoms with E-state index in [1.807, 2.05) is 48.5 Å². The number of rotatable bonds is 9. The van der Waals surface area contributed by atoms with Gasteiger partial charge in [0.1, 0.15) is 11.5 Å². The van der Waals surface area contributed by atoms with Crippen LogP contribution in [0.3, 0.4) is 0 Å². The van der Waals surface area contributed by atoms with Crippen LogP contribution in [0.15, 0.2) is 54.6 Å². The molecule has 0 bridgehead atoms. The van der Waals surface area contributed by atoms with Gasteiger partial charge in [0, 0.05) is 0 Å². The summed E-state index contributed by atoms with van der Waals surface area (Å²) in [6, 6.07) is 18.0. The molecule has 0 fully saturated rings. The molecule has 0 aliphatic carbocycles. The molecule has 0 spiro atoms. The molecule has 2 rings (SSSR count). The van der Waals surface area contributed by atoms with Crippen molar-refractivity contribution in [3.05, 3.63) is 54.6 Å². The predicted octanol–water partition coefficient (Wildman–Crippen LogP) is 5.83. The summed E-state index contributed by atoms with van der Waals surface area (Å²) >= 11 is 0. The third-order valence-corrected chi connectivity index (χ3v) is 13.0. The van der Waals surface area contributed by atoms with Gasteiger partial charge in [0.25, 0.3) is 0 Å². The Balaban J connectivity index is 2.70. The van der Waals surface area contributed by atoms with E-state index in [1.54, 1.807) is 0 Å². The lowest BCUT2D eigenvalue weighted by Gasteiger charge is -2.40. The van der Waals surface area contributed by atoms with Gasteiger partial charge in [-0.05, 0) is 77.1 Å². The van der Waals surface area contributed by atoms with Gasteiger partial charge in [-0.25, -0.2) is 0 Å². The molecule has 0 N–H and O–H groups in total. The van der Waals surface area contributed by atoms with Crippen LogP contribution in [0.5, 0.6) is 11.5 Å². The average molecular weight is 465 g/mol. The molecule has 0 heterocycles. The van der Waals surface area contributed by atoms with Gasteiger partial charge in [0.05, 0.1) is 5.19 Å². The number of benzene rings is 2. The van der Waals surface area contributed by atoms with Crippen molar-refractivity contribution in [1.82, 2.24) is 0 Å². The molecule has 2 aromatic rings. The lowest BCUT2D eigenvalue weighted by atomic mass is 10.3. The number of para-hydroxylation sites is 2. The molecule has 4 nitrogen and oxygen atoms in total. The number of hydrogen-bond acceptors (Lipinski definition) is 4. The molecular formula is C21H36O4Si4. The summed E-state index contributed by atoms with van der Waals surface area (Å²) in [4.78, 5) is 0. The van der Waals surface area contributed by atoms with Gasteiger partial charge in [-0.1, -0.05) is 36.4 Å². The van der Waals surface area contributed by atoms with Crippen molar-refractivity contribution in [3.8, 4) is 11.5 Å². The molecule has 0 aliphatic heterocycles. The van der Waals surface area contributed by atoms with Gasteiger partial charge >= 0.3 is 8.80 Å². The fourth-order valence-electron chi connectivity index (χ4n) is 2.82. The second-order valence-electron chi connectivity index (χ2n) is 10.1. The first-order chi connectivity index (χ1) is 13.2. The highest BCUT2D eigenvalue weighted by Crippen LogP contribution is 2.28. The summed E-state index contributed by atoms with van der Waals surface area (Å²) in [5, 5.41) is 0.927. The lowest BCUT2D eigenvalue weighted by molar-refractivity contribution is 0.275. The van der Waals surface area contributed by atoms with E-state index < -0.39 is 33.8 Å². The van der Waals surface area contributed by atoms with E-state index in [0.29, 0.717) is 0 Å². The third kappa shape index (κ3) is 7.87. The molecule has 0 saturated heterocycles. The van der Waals surface area contributed by atoms with E-state index in [4.69, 9.17) is 17.1 Å². The third-order valence-electron chi connectivity index (χ3n) is 3.51. The van der Waals surface area contributed by atoms with Crippen molar-refractivity contribution < 1.29 is 17.1 Å². The Kier molecular flexibility index (Phi) is 7.40. The van der Waals surface area contributed by atoms with Gasteiger partial charge in [-0.3, -0.25) is 0 Å². The first-order valence-corrected chi connectivity index (χ1v) is 22.1. The van der Waals surface area contributed by atoms with E-state index in [2.05, 4.69) is 65.0 Å². The standard InChI is InChI=1S/C21H36O4Si4/c1-26(2,3)23-20-17-13-14-18-21(20)29(24-27(4,5)6,25-28(7,8)9)22-19-15-11-10-12-16-19/h10-18H,1-9H3. The number of hydrogen-bond donors (Lipinski definition) is 0. The van der Waals surface area contributed by atoms with Crippen LogP contribution in [0.1, 0.15) is 0 Å². The van der Waals surface area contributed by atoms with E-state index in [9.17, 15) is 0 Å². The second-order valence-corrected chi connectivity index (χ2v) is 26.5. The Hall–Kier alpha value is -1.17. The zero-order valence-electron chi connectivity index (χ0n) is 19.3. The molecule has 0 radical (unpaired) electrons. The van der Waals surface area contributed by atoms with Gasteiger partial charge < -0.3 is 17.1 Å². The lowest BCUT2D eigenvalue weighted by Crippen LogP contribution is -2.67. The molecular weight excluding hydrogens is 429 g/mol. The predicted molar refractivity (Wildman–Crippen MR) is 132 cm³/mol. The SMILES string of the molecule is C[Si](C)(C)Oc1ccccc1[Si](Oc1ccccc1)(O[Si](C)(C)C)O[Si](C)(C)C. The second kappa shape index (κ2) is 8.91. The maximum absolute atomic E-state index is 6.85. The maximum Gasteiger partial charge on any atom is 0.585 e. The fourth-order valence-corrected chi connectivity index (χ4v) is 13.3. The first kappa shape index (κ1) is 24.1. The van der Waals surface area contributed by atoms with E-state index in [0.717, 1.165) is 16.7 Å². The quantitative estimate of drug-likeness (QED) is 0.438. The summed E-state index contributed by atoms with van der Waals surface area (Å²) in [6.07, 6.45) is 0. The average Bonchev–Trinajstić information content (AvgIpc) is 2.51. The largest absolute Gasteiger partial charge is 0.585 e. The van der Waals surface area contributed by atoms with Crippen LogP contribution in [0.4, 0.5) is 0 Å². The molecule has 0 atom stereocenters. The van der Waals surface area contributed by atoms with Gasteiger partial charge in [0.15, 0.2) is 16.6 Å². The molecule has 8 heteroatoms. The van der Waals surface area contributed by atoms with E-state index in [-0.39, 0.29) is 0 Å². The Morgan fingerprint density at radius 2 is 1.00 bits per heavy atom. The van der Waals surface area contributed by atoms with Crippen LogP contribution in [0.2, 0.25) is 58.9 Å². The highest BCUT2D eigenvalue weighted by atomic mass is 28.5. The van der Waals surface area contributed by atoms with Crippen molar-refractivity contribution in [2.75, 3.05) is 0 Å². The molecule has 0 aliphatic rings. The van der Waals surface area contributed by atoms with Gasteiger partial charge in [-0.2, -0.15) is 0 Å². The minimum atomic E-state index is -3.31. The highest BCUT2D eigenvalue weighted by Gasteiger charge is 2.54. The van der Waals surface area contributed by atoms with E-state index in [1.165, 1.54) is 0 Å². The Morgan fingerprint density at radius 3 is 1.48 bits per heavy atom. The van der Waals surface area contributed by atoms with Crippen LogP contribution in [0, 0.1) is 0 Å². The van der Waals surface area contributed by atoms with Crippen LogP contribution in [-0.2, 0) is 8.23 Å². The van der Waals surface area contributed by atoms with Crippen LogP contribution in [-0.4, -0.2) is 33.8 Å². The molecule has 160 valence electrons. The van der Waals surface area contributed by atoms with Crippen molar-refractivity contribution >= 4 is 38.9 Å². The van der Waals surface area contributed by atoms with Crippen LogP contribution >= 0.6 is 0 Å². The minimum Gasteiger partial charge on any atom is -0.544 e. The van der Waals surface area contributed by atoms with E-state index >= 15 is 0 Å². The zero-order chi connectivity index (χ0) is 21.9. The Morgan fingerprint density at radius 1 is 0.517 bits per heavy atom. The van der Waals surface area contributed by atoms with Crippen molar-refractivity contribution in [2.45, 2.75) is 58.9 Å². The van der Waals surface area contributed by atoms with Gasteiger partial charge in [-0.15, -0.1) is 0 Å². The van der Waals surface area contributed by atoms with Crippen molar-refractivity contribution in [3.63, 3.8) is 0 Å². The van der Waals surface area contributed by atoms with Crippen LogP contribution < -0.4 is 14.0 Å². The monoisotopic (exact) mass is 464 g/mol. The highest BCUT2D eigenvalue weighted by molar-refractivity contribution is 6.92. The van der Waals surface area contributed by atoms with Gasteiger partial charge in [0.2, 0.25) is 8.32 Å². The van der Waals surface area contributed by atoms with Crippen LogP contribution in [0.25, 0.3) is 0 Å². The summed E-state index contributed by atoms with van der Waals surface area (Å²) in [6.45, 7) is 19.6. The first-order valence-electron chi connectivity index (χ1n) is 10.1. The summed E-state index contributed by atoms with van der Waals surface area (Å²) in [7, 11) is -9.19. The topological polar surface area (TPSA) is 36.9 Å². The molecule has 0 amide bonds.